The number of nitrogen functional groups attached to an aromatic ring is 1. The Balaban J connectivity index is 2.61. The molecule has 17 heavy (non-hydrogen) atoms. The first-order valence-corrected chi connectivity index (χ1v) is 6.01. The summed E-state index contributed by atoms with van der Waals surface area (Å²) < 4.78 is 0. The largest absolute Gasteiger partial charge is 0.383 e. The van der Waals surface area contributed by atoms with E-state index < -0.39 is 0 Å². The number of aromatic nitrogens is 2. The topological polar surface area (TPSA) is 67.1 Å². The molecule has 5 heteroatoms. The van der Waals surface area contributed by atoms with Crippen molar-refractivity contribution in [2.24, 2.45) is 0 Å². The number of nitrogens with one attached hydrogen (secondary N) is 1. The standard InChI is InChI=1S/C12H23N5/c1-9(2)10-11(13)15-8-16-12(10)14-6-5-7-17(3)4/h8-9H,5-7H2,1-4H3,(H3,13,14,15,16). The molecule has 96 valence electrons. The van der Waals surface area contributed by atoms with E-state index in [-0.39, 0.29) is 0 Å². The fourth-order valence-electron chi connectivity index (χ4n) is 1.72. The maximum Gasteiger partial charge on any atom is 0.134 e. The third-order valence-corrected chi connectivity index (χ3v) is 2.57. The van der Waals surface area contributed by atoms with Crippen molar-refractivity contribution in [3.63, 3.8) is 0 Å². The maximum atomic E-state index is 5.88. The number of nitrogens with zero attached hydrogens (tertiary/aromatic N) is 3. The van der Waals surface area contributed by atoms with Crippen molar-refractivity contribution in [3.05, 3.63) is 11.9 Å². The van der Waals surface area contributed by atoms with Gasteiger partial charge in [-0.1, -0.05) is 13.8 Å². The van der Waals surface area contributed by atoms with Crippen LogP contribution in [0.1, 0.15) is 31.7 Å². The summed E-state index contributed by atoms with van der Waals surface area (Å²) in [6.45, 7) is 6.15. The number of hydrogen-bond acceptors (Lipinski definition) is 5. The molecule has 3 N–H and O–H groups in total. The summed E-state index contributed by atoms with van der Waals surface area (Å²) in [6.07, 6.45) is 2.59. The fourth-order valence-corrected chi connectivity index (χ4v) is 1.72. The Morgan fingerprint density at radius 3 is 2.65 bits per heavy atom. The minimum absolute atomic E-state index is 0.326. The molecule has 0 aliphatic carbocycles. The van der Waals surface area contributed by atoms with Gasteiger partial charge in [0.05, 0.1) is 0 Å². The Morgan fingerprint density at radius 1 is 1.35 bits per heavy atom. The molecule has 0 radical (unpaired) electrons. The maximum absolute atomic E-state index is 5.88. The highest BCUT2D eigenvalue weighted by molar-refractivity contribution is 5.56. The molecule has 1 aromatic heterocycles. The van der Waals surface area contributed by atoms with Gasteiger partial charge in [0.25, 0.3) is 0 Å². The van der Waals surface area contributed by atoms with Gasteiger partial charge in [0, 0.05) is 12.1 Å². The van der Waals surface area contributed by atoms with Gasteiger partial charge in [-0.05, 0) is 33.0 Å². The quantitative estimate of drug-likeness (QED) is 0.735. The molecule has 0 aromatic carbocycles. The molecule has 0 aliphatic rings. The second kappa shape index (κ2) is 6.39. The molecule has 0 bridgehead atoms. The molecule has 1 rings (SSSR count). The summed E-state index contributed by atoms with van der Waals surface area (Å²) in [4.78, 5) is 10.5. The first-order chi connectivity index (χ1) is 8.02. The molecular formula is C12H23N5. The summed E-state index contributed by atoms with van der Waals surface area (Å²) in [5, 5.41) is 3.33. The van der Waals surface area contributed by atoms with Crippen molar-refractivity contribution in [2.75, 3.05) is 38.2 Å². The average molecular weight is 237 g/mol. The van der Waals surface area contributed by atoms with Crippen LogP contribution < -0.4 is 11.1 Å². The molecular weight excluding hydrogens is 214 g/mol. The van der Waals surface area contributed by atoms with Gasteiger partial charge >= 0.3 is 0 Å². The Morgan fingerprint density at radius 2 is 2.06 bits per heavy atom. The highest BCUT2D eigenvalue weighted by Crippen LogP contribution is 2.25. The summed E-state index contributed by atoms with van der Waals surface area (Å²) in [7, 11) is 4.14. The fraction of sp³-hybridized carbons (Fsp3) is 0.667. The Kier molecular flexibility index (Phi) is 5.15. The second-order valence-electron chi connectivity index (χ2n) is 4.76. The van der Waals surface area contributed by atoms with Crippen molar-refractivity contribution >= 4 is 11.6 Å². The average Bonchev–Trinajstić information content (AvgIpc) is 2.23. The third-order valence-electron chi connectivity index (χ3n) is 2.57. The molecule has 0 aliphatic heterocycles. The van der Waals surface area contributed by atoms with E-state index in [1.54, 1.807) is 0 Å². The SMILES string of the molecule is CC(C)c1c(N)ncnc1NCCCN(C)C. The Labute approximate surface area is 103 Å². The molecule has 5 nitrogen and oxygen atoms in total. The van der Waals surface area contributed by atoms with Gasteiger partial charge in [-0.25, -0.2) is 9.97 Å². The van der Waals surface area contributed by atoms with Crippen LogP contribution in [-0.4, -0.2) is 42.1 Å². The van der Waals surface area contributed by atoms with Crippen molar-refractivity contribution in [1.82, 2.24) is 14.9 Å². The Hall–Kier alpha value is -1.36. The smallest absolute Gasteiger partial charge is 0.134 e. The van der Waals surface area contributed by atoms with Crippen LogP contribution >= 0.6 is 0 Å². The number of nitrogens with two attached hydrogens (primary N) is 1. The number of anilines is 2. The monoisotopic (exact) mass is 237 g/mol. The van der Waals surface area contributed by atoms with Gasteiger partial charge in [-0.15, -0.1) is 0 Å². The Bertz CT molecular complexity index is 349. The van der Waals surface area contributed by atoms with E-state index in [2.05, 4.69) is 48.1 Å². The van der Waals surface area contributed by atoms with E-state index in [4.69, 9.17) is 5.73 Å². The van der Waals surface area contributed by atoms with E-state index in [1.165, 1.54) is 6.33 Å². The molecule has 1 heterocycles. The van der Waals surface area contributed by atoms with Crippen LogP contribution in [0.15, 0.2) is 6.33 Å². The van der Waals surface area contributed by atoms with Crippen molar-refractivity contribution in [2.45, 2.75) is 26.2 Å². The summed E-state index contributed by atoms with van der Waals surface area (Å²) in [5.74, 6) is 1.77. The second-order valence-corrected chi connectivity index (χ2v) is 4.76. The van der Waals surface area contributed by atoms with Crippen molar-refractivity contribution < 1.29 is 0 Å². The number of hydrogen-bond donors (Lipinski definition) is 2. The minimum Gasteiger partial charge on any atom is -0.383 e. The van der Waals surface area contributed by atoms with Crippen molar-refractivity contribution in [1.29, 1.82) is 0 Å². The van der Waals surface area contributed by atoms with Crippen LogP contribution in [0.5, 0.6) is 0 Å². The van der Waals surface area contributed by atoms with Gasteiger partial charge in [0.15, 0.2) is 0 Å². The van der Waals surface area contributed by atoms with Crippen molar-refractivity contribution in [3.8, 4) is 0 Å². The zero-order chi connectivity index (χ0) is 12.8. The minimum atomic E-state index is 0.326. The lowest BCUT2D eigenvalue weighted by Gasteiger charge is -2.15. The van der Waals surface area contributed by atoms with Gasteiger partial charge < -0.3 is 16.0 Å². The molecule has 0 spiro atoms. The lowest BCUT2D eigenvalue weighted by molar-refractivity contribution is 0.405. The molecule has 0 saturated heterocycles. The predicted octanol–water partition coefficient (Wildman–Crippen LogP) is 1.55. The van der Waals surface area contributed by atoms with Gasteiger partial charge in [0.1, 0.15) is 18.0 Å². The van der Waals surface area contributed by atoms with E-state index in [0.717, 1.165) is 30.9 Å². The van der Waals surface area contributed by atoms with E-state index in [1.807, 2.05) is 0 Å². The zero-order valence-corrected chi connectivity index (χ0v) is 11.2. The van der Waals surface area contributed by atoms with Crippen LogP contribution in [0.2, 0.25) is 0 Å². The highest BCUT2D eigenvalue weighted by atomic mass is 15.1. The van der Waals surface area contributed by atoms with Gasteiger partial charge in [-0.2, -0.15) is 0 Å². The summed E-state index contributed by atoms with van der Waals surface area (Å²) in [5.41, 5.74) is 6.89. The zero-order valence-electron chi connectivity index (χ0n) is 11.2. The molecule has 0 amide bonds. The van der Waals surface area contributed by atoms with Gasteiger partial charge in [-0.3, -0.25) is 0 Å². The van der Waals surface area contributed by atoms with Crippen LogP contribution in [0.25, 0.3) is 0 Å². The van der Waals surface area contributed by atoms with Gasteiger partial charge in [0.2, 0.25) is 0 Å². The highest BCUT2D eigenvalue weighted by Gasteiger charge is 2.12. The first-order valence-electron chi connectivity index (χ1n) is 6.01. The summed E-state index contributed by atoms with van der Waals surface area (Å²) in [6, 6.07) is 0. The molecule has 0 saturated carbocycles. The lowest BCUT2D eigenvalue weighted by Crippen LogP contribution is -2.17. The molecule has 0 atom stereocenters. The lowest BCUT2D eigenvalue weighted by atomic mass is 10.0. The van der Waals surface area contributed by atoms with Crippen LogP contribution in [0.3, 0.4) is 0 Å². The van der Waals surface area contributed by atoms with E-state index in [9.17, 15) is 0 Å². The van der Waals surface area contributed by atoms with Crippen LogP contribution in [0.4, 0.5) is 11.6 Å². The third kappa shape index (κ3) is 4.19. The van der Waals surface area contributed by atoms with Crippen LogP contribution in [0, 0.1) is 0 Å². The first kappa shape index (κ1) is 13.7. The molecule has 1 aromatic rings. The molecule has 0 unspecified atom stereocenters. The van der Waals surface area contributed by atoms with Crippen LogP contribution in [-0.2, 0) is 0 Å². The normalized spacial score (nSPS) is 11.2. The van der Waals surface area contributed by atoms with E-state index in [0.29, 0.717) is 11.7 Å². The van der Waals surface area contributed by atoms with E-state index >= 15 is 0 Å². The molecule has 0 fully saturated rings. The predicted molar refractivity (Wildman–Crippen MR) is 72.2 cm³/mol. The number of rotatable bonds is 6. The summed E-state index contributed by atoms with van der Waals surface area (Å²) >= 11 is 0.